The van der Waals surface area contributed by atoms with Crippen molar-refractivity contribution in [3.63, 3.8) is 0 Å². The number of hydrogen-bond donors (Lipinski definition) is 3. The average molecular weight is 273 g/mol. The Labute approximate surface area is 105 Å². The number of nitrogens with zero attached hydrogens (tertiary/aromatic N) is 1. The van der Waals surface area contributed by atoms with Crippen molar-refractivity contribution >= 4 is 21.5 Å². The predicted molar refractivity (Wildman–Crippen MR) is 68.4 cm³/mol. The normalized spacial score (nSPS) is 12.2. The van der Waals surface area contributed by atoms with Crippen LogP contribution in [0.5, 0.6) is 5.75 Å². The van der Waals surface area contributed by atoms with Gasteiger partial charge in [0.25, 0.3) is 0 Å². The standard InChI is InChI=1S/C10H15N3O4S/c1-2-18(15,16)13-8-4-3-5-9(6-8)17-7-10(11)12-14/h3-6,13-14H,2,7H2,1H3,(H2,11,12). The van der Waals surface area contributed by atoms with Gasteiger partial charge in [-0.05, 0) is 19.1 Å². The molecule has 0 atom stereocenters. The molecule has 0 heterocycles. The largest absolute Gasteiger partial charge is 0.485 e. The third kappa shape index (κ3) is 4.50. The molecule has 8 heteroatoms. The summed E-state index contributed by atoms with van der Waals surface area (Å²) < 4.78 is 30.3. The van der Waals surface area contributed by atoms with E-state index >= 15 is 0 Å². The molecular weight excluding hydrogens is 258 g/mol. The number of hydrogen-bond acceptors (Lipinski definition) is 5. The van der Waals surface area contributed by atoms with Gasteiger partial charge in [0, 0.05) is 6.07 Å². The molecule has 0 aromatic heterocycles. The van der Waals surface area contributed by atoms with E-state index < -0.39 is 10.0 Å². The number of anilines is 1. The minimum atomic E-state index is -3.32. The van der Waals surface area contributed by atoms with Crippen molar-refractivity contribution in [1.29, 1.82) is 0 Å². The highest BCUT2D eigenvalue weighted by molar-refractivity contribution is 7.92. The third-order valence-corrected chi connectivity index (χ3v) is 3.31. The highest BCUT2D eigenvalue weighted by Gasteiger charge is 2.07. The first kappa shape index (κ1) is 14.1. The zero-order valence-corrected chi connectivity index (χ0v) is 10.6. The molecule has 0 saturated carbocycles. The Morgan fingerprint density at radius 1 is 1.56 bits per heavy atom. The third-order valence-electron chi connectivity index (χ3n) is 2.00. The van der Waals surface area contributed by atoms with Gasteiger partial charge < -0.3 is 15.7 Å². The fourth-order valence-corrected chi connectivity index (χ4v) is 1.72. The van der Waals surface area contributed by atoms with E-state index in [1.54, 1.807) is 25.1 Å². The Balaban J connectivity index is 2.74. The summed E-state index contributed by atoms with van der Waals surface area (Å²) in [4.78, 5) is 0. The number of nitrogens with two attached hydrogens (primary N) is 1. The van der Waals surface area contributed by atoms with Gasteiger partial charge in [-0.1, -0.05) is 11.2 Å². The maximum absolute atomic E-state index is 11.4. The maximum Gasteiger partial charge on any atom is 0.232 e. The fourth-order valence-electron chi connectivity index (χ4n) is 1.09. The van der Waals surface area contributed by atoms with E-state index in [2.05, 4.69) is 9.88 Å². The molecule has 0 aliphatic rings. The molecular formula is C10H15N3O4S. The van der Waals surface area contributed by atoms with Crippen LogP contribution in [0.1, 0.15) is 6.92 Å². The second-order valence-corrected chi connectivity index (χ2v) is 5.42. The van der Waals surface area contributed by atoms with Crippen LogP contribution < -0.4 is 15.2 Å². The summed E-state index contributed by atoms with van der Waals surface area (Å²) in [5, 5.41) is 11.1. The topological polar surface area (TPSA) is 114 Å². The van der Waals surface area contributed by atoms with Crippen LogP contribution in [0.2, 0.25) is 0 Å². The van der Waals surface area contributed by atoms with Crippen molar-refractivity contribution in [3.8, 4) is 5.75 Å². The molecule has 1 aromatic rings. The lowest BCUT2D eigenvalue weighted by Crippen LogP contribution is -2.21. The van der Waals surface area contributed by atoms with Gasteiger partial charge in [0.1, 0.15) is 12.4 Å². The monoisotopic (exact) mass is 273 g/mol. The summed E-state index contributed by atoms with van der Waals surface area (Å²) in [5.74, 6) is 0.329. The molecule has 0 unspecified atom stereocenters. The smallest absolute Gasteiger partial charge is 0.232 e. The number of ether oxygens (including phenoxy) is 1. The minimum absolute atomic E-state index is 0.0117. The lowest BCUT2D eigenvalue weighted by molar-refractivity contribution is 0.306. The van der Waals surface area contributed by atoms with Gasteiger partial charge in [-0.15, -0.1) is 0 Å². The quantitative estimate of drug-likeness (QED) is 0.303. The van der Waals surface area contributed by atoms with Gasteiger partial charge in [-0.25, -0.2) is 8.42 Å². The van der Waals surface area contributed by atoms with Crippen LogP contribution in [0.3, 0.4) is 0 Å². The molecule has 0 saturated heterocycles. The predicted octanol–water partition coefficient (Wildman–Crippen LogP) is 0.573. The molecule has 0 spiro atoms. The van der Waals surface area contributed by atoms with E-state index in [1.807, 2.05) is 0 Å². The van der Waals surface area contributed by atoms with Crippen LogP contribution in [-0.4, -0.2) is 31.8 Å². The molecule has 1 rings (SSSR count). The maximum atomic E-state index is 11.4. The van der Waals surface area contributed by atoms with E-state index in [4.69, 9.17) is 15.7 Å². The molecule has 0 amide bonds. The second kappa shape index (κ2) is 6.10. The molecule has 0 aliphatic heterocycles. The fraction of sp³-hybridized carbons (Fsp3) is 0.300. The number of oxime groups is 1. The van der Waals surface area contributed by atoms with Crippen LogP contribution in [0.25, 0.3) is 0 Å². The van der Waals surface area contributed by atoms with Gasteiger partial charge in [0.05, 0.1) is 11.4 Å². The van der Waals surface area contributed by atoms with E-state index in [0.717, 1.165) is 0 Å². The Morgan fingerprint density at radius 3 is 2.89 bits per heavy atom. The number of sulfonamides is 1. The van der Waals surface area contributed by atoms with Gasteiger partial charge >= 0.3 is 0 Å². The van der Waals surface area contributed by atoms with Crippen molar-refractivity contribution in [3.05, 3.63) is 24.3 Å². The van der Waals surface area contributed by atoms with Gasteiger partial charge in [0.15, 0.2) is 5.84 Å². The molecule has 0 aliphatic carbocycles. The first-order chi connectivity index (χ1) is 8.46. The molecule has 0 radical (unpaired) electrons. The lowest BCUT2D eigenvalue weighted by atomic mass is 10.3. The van der Waals surface area contributed by atoms with Crippen molar-refractivity contribution in [2.24, 2.45) is 10.9 Å². The van der Waals surface area contributed by atoms with Crippen molar-refractivity contribution in [1.82, 2.24) is 0 Å². The number of nitrogens with one attached hydrogen (secondary N) is 1. The molecule has 100 valence electrons. The van der Waals surface area contributed by atoms with Crippen molar-refractivity contribution in [2.75, 3.05) is 17.1 Å². The molecule has 0 bridgehead atoms. The summed E-state index contributed by atoms with van der Waals surface area (Å²) in [5.41, 5.74) is 5.64. The van der Waals surface area contributed by atoms with E-state index in [-0.39, 0.29) is 18.2 Å². The van der Waals surface area contributed by atoms with E-state index in [0.29, 0.717) is 11.4 Å². The van der Waals surface area contributed by atoms with Crippen molar-refractivity contribution < 1.29 is 18.4 Å². The number of benzene rings is 1. The zero-order chi connectivity index (χ0) is 13.6. The number of rotatable bonds is 6. The van der Waals surface area contributed by atoms with E-state index in [1.165, 1.54) is 6.07 Å². The highest BCUT2D eigenvalue weighted by atomic mass is 32.2. The summed E-state index contributed by atoms with van der Waals surface area (Å²) >= 11 is 0. The van der Waals surface area contributed by atoms with Crippen LogP contribution in [0.4, 0.5) is 5.69 Å². The number of amidine groups is 1. The van der Waals surface area contributed by atoms with E-state index in [9.17, 15) is 8.42 Å². The van der Waals surface area contributed by atoms with Crippen LogP contribution >= 0.6 is 0 Å². The second-order valence-electron chi connectivity index (χ2n) is 3.41. The Bertz CT molecular complexity index is 528. The highest BCUT2D eigenvalue weighted by Crippen LogP contribution is 2.18. The Kier molecular flexibility index (Phi) is 4.78. The first-order valence-corrected chi connectivity index (χ1v) is 6.82. The lowest BCUT2D eigenvalue weighted by Gasteiger charge is -2.09. The van der Waals surface area contributed by atoms with Gasteiger partial charge in [0.2, 0.25) is 10.0 Å². The van der Waals surface area contributed by atoms with Gasteiger partial charge in [-0.3, -0.25) is 4.72 Å². The molecule has 4 N–H and O–H groups in total. The average Bonchev–Trinajstić information content (AvgIpc) is 2.36. The SMILES string of the molecule is CCS(=O)(=O)Nc1cccc(OC/C(N)=N/O)c1. The van der Waals surface area contributed by atoms with Crippen LogP contribution in [0.15, 0.2) is 29.4 Å². The van der Waals surface area contributed by atoms with Gasteiger partial charge in [-0.2, -0.15) is 0 Å². The first-order valence-electron chi connectivity index (χ1n) is 5.16. The summed E-state index contributed by atoms with van der Waals surface area (Å²) in [6.45, 7) is 1.46. The molecule has 18 heavy (non-hydrogen) atoms. The molecule has 1 aromatic carbocycles. The van der Waals surface area contributed by atoms with Crippen LogP contribution in [0, 0.1) is 0 Å². The summed E-state index contributed by atoms with van der Waals surface area (Å²) in [7, 11) is -3.32. The van der Waals surface area contributed by atoms with Crippen molar-refractivity contribution in [2.45, 2.75) is 6.92 Å². The summed E-state index contributed by atoms with van der Waals surface area (Å²) in [6.07, 6.45) is 0. The Hall–Kier alpha value is -1.96. The van der Waals surface area contributed by atoms with Crippen LogP contribution in [-0.2, 0) is 10.0 Å². The zero-order valence-electron chi connectivity index (χ0n) is 9.83. The molecule has 0 fully saturated rings. The minimum Gasteiger partial charge on any atom is -0.485 e. The molecule has 7 nitrogen and oxygen atoms in total. The summed E-state index contributed by atoms with van der Waals surface area (Å²) in [6, 6.07) is 6.38. The Morgan fingerprint density at radius 2 is 2.28 bits per heavy atom.